The first-order valence-corrected chi connectivity index (χ1v) is 6.87. The summed E-state index contributed by atoms with van der Waals surface area (Å²) in [6.45, 7) is 2.66. The van der Waals surface area contributed by atoms with E-state index in [4.69, 9.17) is 9.47 Å². The van der Waals surface area contributed by atoms with Crippen molar-refractivity contribution in [1.29, 1.82) is 0 Å². The maximum atomic E-state index is 9.95. The van der Waals surface area contributed by atoms with E-state index in [0.29, 0.717) is 12.3 Å². The standard InChI is InChI=1S/C17H21NO3/c1-12(13-5-4-6-15(9-13)20-2)18-11-14-7-8-16(21-3)10-17(14)19/h4-10,12,18-19H,11H2,1-3H3/t12-/m0/s1. The molecule has 112 valence electrons. The summed E-state index contributed by atoms with van der Waals surface area (Å²) in [7, 11) is 3.24. The van der Waals surface area contributed by atoms with Crippen LogP contribution in [0.15, 0.2) is 42.5 Å². The van der Waals surface area contributed by atoms with Crippen LogP contribution in [0.25, 0.3) is 0 Å². The zero-order valence-electron chi connectivity index (χ0n) is 12.6. The van der Waals surface area contributed by atoms with E-state index < -0.39 is 0 Å². The number of aromatic hydroxyl groups is 1. The maximum Gasteiger partial charge on any atom is 0.123 e. The van der Waals surface area contributed by atoms with Crippen molar-refractivity contribution in [1.82, 2.24) is 5.32 Å². The van der Waals surface area contributed by atoms with Crippen LogP contribution in [0.3, 0.4) is 0 Å². The van der Waals surface area contributed by atoms with E-state index in [2.05, 4.69) is 12.2 Å². The van der Waals surface area contributed by atoms with Crippen LogP contribution in [-0.2, 0) is 6.54 Å². The van der Waals surface area contributed by atoms with Gasteiger partial charge in [-0.25, -0.2) is 0 Å². The molecule has 2 N–H and O–H groups in total. The SMILES string of the molecule is COc1cccc([C@H](C)NCc2ccc(OC)cc2O)c1. The Labute approximate surface area is 125 Å². The van der Waals surface area contributed by atoms with Gasteiger partial charge < -0.3 is 19.9 Å². The molecule has 0 fully saturated rings. The molecule has 0 heterocycles. The van der Waals surface area contributed by atoms with Crippen molar-refractivity contribution in [3.63, 3.8) is 0 Å². The molecule has 1 atom stereocenters. The molecule has 0 saturated carbocycles. The monoisotopic (exact) mass is 287 g/mol. The van der Waals surface area contributed by atoms with Crippen LogP contribution in [0, 0.1) is 0 Å². The van der Waals surface area contributed by atoms with E-state index in [1.807, 2.05) is 36.4 Å². The van der Waals surface area contributed by atoms with Crippen LogP contribution in [0.4, 0.5) is 0 Å². The van der Waals surface area contributed by atoms with Crippen molar-refractivity contribution in [2.24, 2.45) is 0 Å². The van der Waals surface area contributed by atoms with Crippen molar-refractivity contribution in [2.45, 2.75) is 19.5 Å². The van der Waals surface area contributed by atoms with E-state index >= 15 is 0 Å². The molecule has 0 unspecified atom stereocenters. The third-order valence-corrected chi connectivity index (χ3v) is 3.48. The van der Waals surface area contributed by atoms with Gasteiger partial charge in [-0.2, -0.15) is 0 Å². The molecule has 0 saturated heterocycles. The fourth-order valence-electron chi connectivity index (χ4n) is 2.11. The Balaban J connectivity index is 2.01. The number of hydrogen-bond donors (Lipinski definition) is 2. The quantitative estimate of drug-likeness (QED) is 0.856. The van der Waals surface area contributed by atoms with Crippen LogP contribution in [0.5, 0.6) is 17.2 Å². The van der Waals surface area contributed by atoms with Crippen molar-refractivity contribution in [2.75, 3.05) is 14.2 Å². The second-order valence-corrected chi connectivity index (χ2v) is 4.87. The Morgan fingerprint density at radius 3 is 2.43 bits per heavy atom. The van der Waals surface area contributed by atoms with Gasteiger partial charge in [0.15, 0.2) is 0 Å². The van der Waals surface area contributed by atoms with Crippen molar-refractivity contribution in [3.05, 3.63) is 53.6 Å². The number of benzene rings is 2. The van der Waals surface area contributed by atoms with Gasteiger partial charge in [0.2, 0.25) is 0 Å². The molecule has 21 heavy (non-hydrogen) atoms. The van der Waals surface area contributed by atoms with Crippen LogP contribution < -0.4 is 14.8 Å². The molecular formula is C17H21NO3. The highest BCUT2D eigenvalue weighted by atomic mass is 16.5. The molecule has 0 aliphatic rings. The van der Waals surface area contributed by atoms with Crippen molar-refractivity contribution >= 4 is 0 Å². The predicted molar refractivity (Wildman–Crippen MR) is 82.9 cm³/mol. The Kier molecular flexibility index (Phi) is 5.06. The molecular weight excluding hydrogens is 266 g/mol. The molecule has 0 spiro atoms. The summed E-state index contributed by atoms with van der Waals surface area (Å²) in [6.07, 6.45) is 0. The number of ether oxygens (including phenoxy) is 2. The Bertz CT molecular complexity index is 598. The van der Waals surface area contributed by atoms with Gasteiger partial charge in [-0.3, -0.25) is 0 Å². The molecule has 0 aromatic heterocycles. The summed E-state index contributed by atoms with van der Waals surface area (Å²) in [5, 5.41) is 13.3. The van der Waals surface area contributed by atoms with Crippen molar-refractivity contribution in [3.8, 4) is 17.2 Å². The van der Waals surface area contributed by atoms with Crippen LogP contribution in [0.2, 0.25) is 0 Å². The second kappa shape index (κ2) is 6.99. The first kappa shape index (κ1) is 15.2. The molecule has 4 nitrogen and oxygen atoms in total. The number of methoxy groups -OCH3 is 2. The maximum absolute atomic E-state index is 9.95. The lowest BCUT2D eigenvalue weighted by atomic mass is 10.1. The highest BCUT2D eigenvalue weighted by molar-refractivity contribution is 5.39. The summed E-state index contributed by atoms with van der Waals surface area (Å²) in [6, 6.07) is 13.4. The van der Waals surface area contributed by atoms with Crippen LogP contribution in [-0.4, -0.2) is 19.3 Å². The lowest BCUT2D eigenvalue weighted by molar-refractivity contribution is 0.405. The summed E-state index contributed by atoms with van der Waals surface area (Å²) < 4.78 is 10.3. The molecule has 0 aliphatic carbocycles. The van der Waals surface area contributed by atoms with E-state index in [1.54, 1.807) is 20.3 Å². The third-order valence-electron chi connectivity index (χ3n) is 3.48. The average Bonchev–Trinajstić information content (AvgIpc) is 2.53. The van der Waals surface area contributed by atoms with Gasteiger partial charge in [-0.1, -0.05) is 18.2 Å². The molecule has 0 amide bonds. The highest BCUT2D eigenvalue weighted by Gasteiger charge is 2.08. The highest BCUT2D eigenvalue weighted by Crippen LogP contribution is 2.24. The minimum Gasteiger partial charge on any atom is -0.507 e. The average molecular weight is 287 g/mol. The van der Waals surface area contributed by atoms with E-state index in [9.17, 15) is 5.11 Å². The van der Waals surface area contributed by atoms with Gasteiger partial charge in [0.05, 0.1) is 14.2 Å². The zero-order valence-corrected chi connectivity index (χ0v) is 12.6. The minimum absolute atomic E-state index is 0.154. The molecule has 4 heteroatoms. The molecule has 0 bridgehead atoms. The van der Waals surface area contributed by atoms with Gasteiger partial charge in [0.1, 0.15) is 17.2 Å². The van der Waals surface area contributed by atoms with E-state index in [-0.39, 0.29) is 11.8 Å². The first-order valence-electron chi connectivity index (χ1n) is 6.87. The third kappa shape index (κ3) is 3.89. The normalized spacial score (nSPS) is 12.0. The van der Waals surface area contributed by atoms with Gasteiger partial charge >= 0.3 is 0 Å². The lowest BCUT2D eigenvalue weighted by Crippen LogP contribution is -2.18. The van der Waals surface area contributed by atoms with E-state index in [0.717, 1.165) is 16.9 Å². The second-order valence-electron chi connectivity index (χ2n) is 4.87. The van der Waals surface area contributed by atoms with E-state index in [1.165, 1.54) is 0 Å². The first-order chi connectivity index (χ1) is 10.1. The van der Waals surface area contributed by atoms with Gasteiger partial charge in [-0.05, 0) is 30.7 Å². The number of phenols is 1. The fourth-order valence-corrected chi connectivity index (χ4v) is 2.11. The summed E-state index contributed by atoms with van der Waals surface area (Å²) in [4.78, 5) is 0. The summed E-state index contributed by atoms with van der Waals surface area (Å²) in [5.41, 5.74) is 1.98. The lowest BCUT2D eigenvalue weighted by Gasteiger charge is -2.16. The van der Waals surface area contributed by atoms with Crippen LogP contribution in [0.1, 0.15) is 24.1 Å². The smallest absolute Gasteiger partial charge is 0.123 e. The predicted octanol–water partition coefficient (Wildman–Crippen LogP) is 3.26. The Morgan fingerprint density at radius 1 is 1.05 bits per heavy atom. The van der Waals surface area contributed by atoms with Gasteiger partial charge in [-0.15, -0.1) is 0 Å². The number of nitrogens with one attached hydrogen (secondary N) is 1. The fraction of sp³-hybridized carbons (Fsp3) is 0.294. The minimum atomic E-state index is 0.154. The molecule has 0 aliphatic heterocycles. The molecule has 2 aromatic carbocycles. The molecule has 2 aromatic rings. The summed E-state index contributed by atoms with van der Waals surface area (Å²) in [5.74, 6) is 1.73. The zero-order chi connectivity index (χ0) is 15.2. The Morgan fingerprint density at radius 2 is 1.76 bits per heavy atom. The number of hydrogen-bond acceptors (Lipinski definition) is 4. The van der Waals surface area contributed by atoms with Gasteiger partial charge in [0.25, 0.3) is 0 Å². The van der Waals surface area contributed by atoms with Crippen LogP contribution >= 0.6 is 0 Å². The largest absolute Gasteiger partial charge is 0.507 e. The topological polar surface area (TPSA) is 50.7 Å². The number of rotatable bonds is 6. The molecule has 0 radical (unpaired) electrons. The molecule has 2 rings (SSSR count). The van der Waals surface area contributed by atoms with Gasteiger partial charge in [0, 0.05) is 24.2 Å². The van der Waals surface area contributed by atoms with Crippen molar-refractivity contribution < 1.29 is 14.6 Å². The number of phenolic OH excluding ortho intramolecular Hbond substituents is 1. The Hall–Kier alpha value is -2.20. The summed E-state index contributed by atoms with van der Waals surface area (Å²) >= 11 is 0.